The van der Waals surface area contributed by atoms with Crippen LogP contribution >= 0.6 is 0 Å². The zero-order valence-corrected chi connectivity index (χ0v) is 10.5. The molecule has 1 N–H and O–H groups in total. The van der Waals surface area contributed by atoms with Gasteiger partial charge in [-0.3, -0.25) is 10.1 Å². The van der Waals surface area contributed by atoms with Gasteiger partial charge < -0.3 is 10.0 Å². The molecule has 100 valence electrons. The molecule has 19 heavy (non-hydrogen) atoms. The van der Waals surface area contributed by atoms with E-state index in [1.165, 1.54) is 23.1 Å². The van der Waals surface area contributed by atoms with Gasteiger partial charge in [0.2, 0.25) is 0 Å². The number of hydrogen-bond donors (Lipinski definition) is 1. The highest BCUT2D eigenvalue weighted by molar-refractivity contribution is 5.95. The first-order valence-electron chi connectivity index (χ1n) is 5.50. The van der Waals surface area contributed by atoms with Crippen molar-refractivity contribution in [3.05, 3.63) is 33.9 Å². The van der Waals surface area contributed by atoms with Crippen LogP contribution in [0.1, 0.15) is 23.7 Å². The third-order valence-corrected chi connectivity index (χ3v) is 2.86. The van der Waals surface area contributed by atoms with Crippen LogP contribution in [0, 0.1) is 21.4 Å². The highest BCUT2D eigenvalue weighted by Crippen LogP contribution is 2.32. The SMILES string of the molecule is CC(CC#N)N(C)c1cccc(C(=O)O)c1[N+](=O)[O-]. The van der Waals surface area contributed by atoms with Gasteiger partial charge in [0, 0.05) is 13.1 Å². The van der Waals surface area contributed by atoms with Crippen LogP contribution < -0.4 is 4.90 Å². The molecule has 0 aliphatic carbocycles. The Hall–Kier alpha value is -2.62. The van der Waals surface area contributed by atoms with Crippen LogP contribution in [0.25, 0.3) is 0 Å². The zero-order chi connectivity index (χ0) is 14.6. The summed E-state index contributed by atoms with van der Waals surface area (Å²) < 4.78 is 0. The Balaban J connectivity index is 3.36. The fraction of sp³-hybridized carbons (Fsp3) is 0.333. The molecular weight excluding hydrogens is 250 g/mol. The van der Waals surface area contributed by atoms with Crippen LogP contribution in [-0.2, 0) is 0 Å². The summed E-state index contributed by atoms with van der Waals surface area (Å²) in [6, 6.07) is 5.82. The summed E-state index contributed by atoms with van der Waals surface area (Å²) in [6.07, 6.45) is 0.185. The number of carboxylic acid groups (broad SMARTS) is 1. The number of carboxylic acids is 1. The molecular formula is C12H13N3O4. The average molecular weight is 263 g/mol. The van der Waals surface area contributed by atoms with E-state index >= 15 is 0 Å². The van der Waals surface area contributed by atoms with Gasteiger partial charge in [-0.1, -0.05) is 6.07 Å². The van der Waals surface area contributed by atoms with Crippen LogP contribution in [-0.4, -0.2) is 29.1 Å². The lowest BCUT2D eigenvalue weighted by Crippen LogP contribution is -2.29. The first-order valence-corrected chi connectivity index (χ1v) is 5.50. The minimum Gasteiger partial charge on any atom is -0.477 e. The minimum absolute atomic E-state index is 0.185. The number of nitro groups is 1. The van der Waals surface area contributed by atoms with E-state index in [9.17, 15) is 14.9 Å². The highest BCUT2D eigenvalue weighted by atomic mass is 16.6. The summed E-state index contributed by atoms with van der Waals surface area (Å²) in [4.78, 5) is 22.9. The molecule has 0 saturated heterocycles. The predicted molar refractivity (Wildman–Crippen MR) is 68.2 cm³/mol. The van der Waals surface area contributed by atoms with Crippen LogP contribution in [0.15, 0.2) is 18.2 Å². The van der Waals surface area contributed by atoms with Crippen molar-refractivity contribution in [1.82, 2.24) is 0 Å². The van der Waals surface area contributed by atoms with Crippen molar-refractivity contribution in [1.29, 1.82) is 5.26 Å². The second kappa shape index (κ2) is 5.82. The second-order valence-electron chi connectivity index (χ2n) is 4.06. The topological polar surface area (TPSA) is 107 Å². The lowest BCUT2D eigenvalue weighted by atomic mass is 10.1. The van der Waals surface area contributed by atoms with Crippen molar-refractivity contribution >= 4 is 17.3 Å². The lowest BCUT2D eigenvalue weighted by molar-refractivity contribution is -0.384. The molecule has 0 radical (unpaired) electrons. The molecule has 0 fully saturated rings. The molecule has 0 spiro atoms. The average Bonchev–Trinajstić information content (AvgIpc) is 2.36. The number of carbonyl (C=O) groups is 1. The van der Waals surface area contributed by atoms with Crippen molar-refractivity contribution in [2.75, 3.05) is 11.9 Å². The van der Waals surface area contributed by atoms with Crippen LogP contribution in [0.5, 0.6) is 0 Å². The molecule has 0 amide bonds. The number of aromatic carboxylic acids is 1. The number of nitro benzene ring substituents is 1. The van der Waals surface area contributed by atoms with E-state index < -0.39 is 16.6 Å². The summed E-state index contributed by atoms with van der Waals surface area (Å²) in [6.45, 7) is 1.74. The van der Waals surface area contributed by atoms with Crippen molar-refractivity contribution in [3.63, 3.8) is 0 Å². The molecule has 1 aromatic rings. The van der Waals surface area contributed by atoms with Gasteiger partial charge >= 0.3 is 11.7 Å². The summed E-state index contributed by atoms with van der Waals surface area (Å²) in [5.41, 5.74) is -0.631. The highest BCUT2D eigenvalue weighted by Gasteiger charge is 2.27. The second-order valence-corrected chi connectivity index (χ2v) is 4.06. The maximum absolute atomic E-state index is 11.1. The third kappa shape index (κ3) is 2.98. The number of hydrogen-bond acceptors (Lipinski definition) is 5. The summed E-state index contributed by atoms with van der Waals surface area (Å²) >= 11 is 0. The van der Waals surface area contributed by atoms with Crippen molar-refractivity contribution in [2.24, 2.45) is 0 Å². The van der Waals surface area contributed by atoms with E-state index in [-0.39, 0.29) is 23.7 Å². The minimum atomic E-state index is -1.35. The largest absolute Gasteiger partial charge is 0.477 e. The fourth-order valence-electron chi connectivity index (χ4n) is 1.69. The van der Waals surface area contributed by atoms with Gasteiger partial charge in [-0.05, 0) is 19.1 Å². The number of para-hydroxylation sites is 1. The molecule has 7 nitrogen and oxygen atoms in total. The van der Waals surface area contributed by atoms with Gasteiger partial charge in [-0.15, -0.1) is 0 Å². The number of anilines is 1. The Morgan fingerprint density at radius 2 is 2.26 bits per heavy atom. The molecule has 1 atom stereocenters. The van der Waals surface area contributed by atoms with E-state index in [0.29, 0.717) is 0 Å². The van der Waals surface area contributed by atoms with E-state index in [1.807, 2.05) is 6.07 Å². The first kappa shape index (κ1) is 14.4. The van der Waals surface area contributed by atoms with Gasteiger partial charge in [0.15, 0.2) is 0 Å². The van der Waals surface area contributed by atoms with E-state index in [1.54, 1.807) is 14.0 Å². The monoisotopic (exact) mass is 263 g/mol. The maximum atomic E-state index is 11.1. The molecule has 0 aliphatic heterocycles. The van der Waals surface area contributed by atoms with Gasteiger partial charge in [0.1, 0.15) is 11.3 Å². The van der Waals surface area contributed by atoms with Gasteiger partial charge in [0.05, 0.1) is 17.4 Å². The molecule has 7 heteroatoms. The number of rotatable bonds is 5. The van der Waals surface area contributed by atoms with Gasteiger partial charge in [-0.2, -0.15) is 5.26 Å². The van der Waals surface area contributed by atoms with Crippen molar-refractivity contribution < 1.29 is 14.8 Å². The number of nitriles is 1. The van der Waals surface area contributed by atoms with Crippen LogP contribution in [0.4, 0.5) is 11.4 Å². The third-order valence-electron chi connectivity index (χ3n) is 2.86. The maximum Gasteiger partial charge on any atom is 0.342 e. The number of nitrogens with zero attached hydrogens (tertiary/aromatic N) is 3. The summed E-state index contributed by atoms with van der Waals surface area (Å²) in [5.74, 6) is -1.35. The summed E-state index contributed by atoms with van der Waals surface area (Å²) in [5, 5.41) is 28.7. The molecule has 1 rings (SSSR count). The van der Waals surface area contributed by atoms with Crippen LogP contribution in [0.3, 0.4) is 0 Å². The first-order chi connectivity index (χ1) is 8.90. The predicted octanol–water partition coefficient (Wildman–Crippen LogP) is 2.03. The Bertz CT molecular complexity index is 550. The molecule has 1 aromatic carbocycles. The molecule has 1 unspecified atom stereocenters. The van der Waals surface area contributed by atoms with Gasteiger partial charge in [-0.25, -0.2) is 4.79 Å². The Kier molecular flexibility index (Phi) is 4.42. The molecule has 0 aliphatic rings. The van der Waals surface area contributed by atoms with E-state index in [4.69, 9.17) is 10.4 Å². The Labute approximate surface area is 109 Å². The smallest absolute Gasteiger partial charge is 0.342 e. The van der Waals surface area contributed by atoms with E-state index in [0.717, 1.165) is 0 Å². The lowest BCUT2D eigenvalue weighted by Gasteiger charge is -2.25. The molecule has 0 bridgehead atoms. The molecule has 0 saturated carbocycles. The normalized spacial score (nSPS) is 11.4. The summed E-state index contributed by atoms with van der Waals surface area (Å²) in [7, 11) is 1.59. The Morgan fingerprint density at radius 3 is 2.74 bits per heavy atom. The van der Waals surface area contributed by atoms with E-state index in [2.05, 4.69) is 0 Å². The molecule has 0 heterocycles. The Morgan fingerprint density at radius 1 is 1.63 bits per heavy atom. The molecule has 0 aromatic heterocycles. The van der Waals surface area contributed by atoms with Gasteiger partial charge in [0.25, 0.3) is 0 Å². The van der Waals surface area contributed by atoms with Crippen LogP contribution in [0.2, 0.25) is 0 Å². The fourth-order valence-corrected chi connectivity index (χ4v) is 1.69. The quantitative estimate of drug-likeness (QED) is 0.643. The van der Waals surface area contributed by atoms with Crippen molar-refractivity contribution in [3.8, 4) is 6.07 Å². The number of benzene rings is 1. The van der Waals surface area contributed by atoms with Crippen molar-refractivity contribution in [2.45, 2.75) is 19.4 Å². The zero-order valence-electron chi connectivity index (χ0n) is 10.5. The standard InChI is InChI=1S/C12H13N3O4/c1-8(6-7-13)14(2)10-5-3-4-9(12(16)17)11(10)15(18)19/h3-5,8H,6H2,1-2H3,(H,16,17).